The van der Waals surface area contributed by atoms with Crippen molar-refractivity contribution in [2.45, 2.75) is 26.4 Å². The Kier molecular flexibility index (Phi) is 5.41. The van der Waals surface area contributed by atoms with E-state index >= 15 is 0 Å². The van der Waals surface area contributed by atoms with Gasteiger partial charge in [-0.05, 0) is 54.0 Å². The molecule has 0 fully saturated rings. The van der Waals surface area contributed by atoms with Crippen LogP contribution in [0.4, 0.5) is 11.4 Å². The molecule has 0 saturated heterocycles. The molecule has 0 aliphatic carbocycles. The summed E-state index contributed by atoms with van der Waals surface area (Å²) < 4.78 is 2.80. The van der Waals surface area contributed by atoms with Crippen LogP contribution in [0.25, 0.3) is 5.65 Å². The Morgan fingerprint density at radius 2 is 2.07 bits per heavy atom. The summed E-state index contributed by atoms with van der Waals surface area (Å²) in [7, 11) is 0. The summed E-state index contributed by atoms with van der Waals surface area (Å²) in [4.78, 5) is 27.5. The lowest BCUT2D eigenvalue weighted by Gasteiger charge is -2.10. The minimum Gasteiger partial charge on any atom is -0.374 e. The van der Waals surface area contributed by atoms with Crippen LogP contribution in [0.1, 0.15) is 29.9 Å². The molecular formula is C18H18BrN5O3. The van der Waals surface area contributed by atoms with E-state index in [1.54, 1.807) is 12.1 Å². The van der Waals surface area contributed by atoms with Gasteiger partial charge in [-0.2, -0.15) is 0 Å². The molecule has 1 amide bonds. The van der Waals surface area contributed by atoms with E-state index in [1.165, 1.54) is 6.07 Å². The van der Waals surface area contributed by atoms with Crippen LogP contribution in [0.2, 0.25) is 0 Å². The normalized spacial score (nSPS) is 11.0. The molecule has 3 aromatic rings. The number of halogens is 1. The van der Waals surface area contributed by atoms with Gasteiger partial charge in [0.05, 0.1) is 17.2 Å². The van der Waals surface area contributed by atoms with Crippen LogP contribution in [-0.2, 0) is 6.54 Å². The van der Waals surface area contributed by atoms with E-state index in [1.807, 2.05) is 42.8 Å². The second kappa shape index (κ2) is 7.75. The predicted octanol–water partition coefficient (Wildman–Crippen LogP) is 3.76. The first-order chi connectivity index (χ1) is 12.8. The molecule has 2 N–H and O–H groups in total. The Morgan fingerprint density at radius 1 is 1.30 bits per heavy atom. The molecule has 9 heteroatoms. The Balaban J connectivity index is 1.80. The molecule has 27 heavy (non-hydrogen) atoms. The maximum atomic E-state index is 12.1. The molecule has 2 aromatic heterocycles. The van der Waals surface area contributed by atoms with E-state index in [9.17, 15) is 14.9 Å². The van der Waals surface area contributed by atoms with Crippen molar-refractivity contribution in [1.82, 2.24) is 14.7 Å². The zero-order valence-corrected chi connectivity index (χ0v) is 16.4. The van der Waals surface area contributed by atoms with Crippen molar-refractivity contribution < 1.29 is 9.72 Å². The Labute approximate surface area is 163 Å². The lowest BCUT2D eigenvalue weighted by atomic mass is 10.1. The fraction of sp³-hybridized carbons (Fsp3) is 0.222. The molecule has 140 valence electrons. The van der Waals surface area contributed by atoms with Gasteiger partial charge in [-0.3, -0.25) is 14.9 Å². The van der Waals surface area contributed by atoms with Crippen molar-refractivity contribution in [3.8, 4) is 0 Å². The number of hydrogen-bond acceptors (Lipinski definition) is 5. The van der Waals surface area contributed by atoms with Gasteiger partial charge in [0.1, 0.15) is 11.3 Å². The highest BCUT2D eigenvalue weighted by atomic mass is 79.9. The number of carbonyl (C=O) groups excluding carboxylic acids is 1. The maximum Gasteiger partial charge on any atom is 0.293 e. The monoisotopic (exact) mass is 431 g/mol. The van der Waals surface area contributed by atoms with Crippen molar-refractivity contribution in [2.24, 2.45) is 0 Å². The van der Waals surface area contributed by atoms with E-state index < -0.39 is 4.92 Å². The number of nitrogens with zero attached hydrogens (tertiary/aromatic N) is 3. The van der Waals surface area contributed by atoms with Gasteiger partial charge >= 0.3 is 0 Å². The summed E-state index contributed by atoms with van der Waals surface area (Å²) in [5.74, 6) is -0.342. The highest BCUT2D eigenvalue weighted by Crippen LogP contribution is 2.26. The lowest BCUT2D eigenvalue weighted by Crippen LogP contribution is -2.30. The number of anilines is 1. The minimum absolute atomic E-state index is 0.0514. The molecule has 0 aliphatic rings. The van der Waals surface area contributed by atoms with Crippen LogP contribution >= 0.6 is 15.9 Å². The second-order valence-corrected chi connectivity index (χ2v) is 7.23. The molecule has 0 bridgehead atoms. The molecule has 0 spiro atoms. The van der Waals surface area contributed by atoms with E-state index in [4.69, 9.17) is 0 Å². The van der Waals surface area contributed by atoms with Gasteiger partial charge in [-0.25, -0.2) is 4.98 Å². The fourth-order valence-corrected chi connectivity index (χ4v) is 2.96. The minimum atomic E-state index is -0.505. The summed E-state index contributed by atoms with van der Waals surface area (Å²) in [6.07, 6.45) is 3.74. The number of nitro groups is 1. The average Bonchev–Trinajstić information content (AvgIpc) is 3.01. The highest BCUT2D eigenvalue weighted by Gasteiger charge is 2.18. The van der Waals surface area contributed by atoms with Gasteiger partial charge in [0.25, 0.3) is 11.6 Å². The molecule has 3 rings (SSSR count). The fourth-order valence-electron chi connectivity index (χ4n) is 2.61. The standard InChI is InChI=1S/C18H18BrN5O3/c1-11(2)21-18(25)12-3-5-15(16(7-12)24(26)27)20-8-14-10-23-9-13(19)4-6-17(23)22-14/h3-7,9-11,20H,8H2,1-2H3,(H,21,25). The number of fused-ring (bicyclic) bond motifs is 1. The first kappa shape index (κ1) is 18.8. The average molecular weight is 432 g/mol. The quantitative estimate of drug-likeness (QED) is 0.456. The Bertz CT molecular complexity index is 1020. The van der Waals surface area contributed by atoms with E-state index in [-0.39, 0.29) is 23.2 Å². The number of carbonyl (C=O) groups is 1. The van der Waals surface area contributed by atoms with E-state index in [2.05, 4.69) is 31.5 Å². The summed E-state index contributed by atoms with van der Waals surface area (Å²) in [6.45, 7) is 3.98. The number of pyridine rings is 1. The third-order valence-electron chi connectivity index (χ3n) is 3.80. The Morgan fingerprint density at radius 3 is 2.78 bits per heavy atom. The molecule has 0 radical (unpaired) electrons. The predicted molar refractivity (Wildman–Crippen MR) is 106 cm³/mol. The van der Waals surface area contributed by atoms with Gasteiger partial charge in [-0.15, -0.1) is 0 Å². The van der Waals surface area contributed by atoms with Gasteiger partial charge < -0.3 is 15.0 Å². The van der Waals surface area contributed by atoms with Gasteiger partial charge in [0.2, 0.25) is 0 Å². The molecule has 8 nitrogen and oxygen atoms in total. The number of hydrogen-bond donors (Lipinski definition) is 2. The molecular weight excluding hydrogens is 414 g/mol. The first-order valence-corrected chi connectivity index (χ1v) is 9.09. The van der Waals surface area contributed by atoms with Crippen molar-refractivity contribution in [1.29, 1.82) is 0 Å². The summed E-state index contributed by atoms with van der Waals surface area (Å²) in [5.41, 5.74) is 1.95. The number of imidazole rings is 1. The van der Waals surface area contributed by atoms with Crippen LogP contribution in [-0.4, -0.2) is 26.3 Å². The zero-order valence-electron chi connectivity index (χ0n) is 14.8. The van der Waals surface area contributed by atoms with Gasteiger partial charge in [0, 0.05) is 34.5 Å². The van der Waals surface area contributed by atoms with Gasteiger partial charge in [-0.1, -0.05) is 0 Å². The lowest BCUT2D eigenvalue weighted by molar-refractivity contribution is -0.384. The van der Waals surface area contributed by atoms with Crippen molar-refractivity contribution in [2.75, 3.05) is 5.32 Å². The largest absolute Gasteiger partial charge is 0.374 e. The molecule has 0 unspecified atom stereocenters. The van der Waals surface area contributed by atoms with Crippen molar-refractivity contribution in [3.63, 3.8) is 0 Å². The van der Waals surface area contributed by atoms with E-state index in [0.717, 1.165) is 15.8 Å². The number of rotatable bonds is 6. The number of benzene rings is 1. The van der Waals surface area contributed by atoms with E-state index in [0.29, 0.717) is 12.2 Å². The van der Waals surface area contributed by atoms with Crippen LogP contribution in [0.5, 0.6) is 0 Å². The highest BCUT2D eigenvalue weighted by molar-refractivity contribution is 9.10. The summed E-state index contributed by atoms with van der Waals surface area (Å²) in [5, 5.41) is 17.2. The molecule has 0 saturated carbocycles. The number of amides is 1. The zero-order chi connectivity index (χ0) is 19.6. The topological polar surface area (TPSA) is 102 Å². The third-order valence-corrected chi connectivity index (χ3v) is 4.27. The molecule has 2 heterocycles. The SMILES string of the molecule is CC(C)NC(=O)c1ccc(NCc2cn3cc(Br)ccc3n2)c([N+](=O)[O-])c1. The molecule has 0 atom stereocenters. The maximum absolute atomic E-state index is 12.1. The van der Waals surface area contributed by atoms with Crippen molar-refractivity contribution >= 4 is 38.9 Å². The smallest absolute Gasteiger partial charge is 0.293 e. The van der Waals surface area contributed by atoms with Crippen LogP contribution < -0.4 is 10.6 Å². The van der Waals surface area contributed by atoms with Crippen LogP contribution in [0.15, 0.2) is 47.2 Å². The third kappa shape index (κ3) is 4.43. The second-order valence-electron chi connectivity index (χ2n) is 6.32. The molecule has 0 aliphatic heterocycles. The Hall–Kier alpha value is -2.94. The van der Waals surface area contributed by atoms with Gasteiger partial charge in [0.15, 0.2) is 0 Å². The van der Waals surface area contributed by atoms with Crippen LogP contribution in [0.3, 0.4) is 0 Å². The number of aromatic nitrogens is 2. The summed E-state index contributed by atoms with van der Waals surface area (Å²) >= 11 is 3.40. The number of nitro benzene ring substituents is 1. The summed E-state index contributed by atoms with van der Waals surface area (Å²) in [6, 6.07) is 8.10. The van der Waals surface area contributed by atoms with Crippen molar-refractivity contribution in [3.05, 3.63) is 68.6 Å². The first-order valence-electron chi connectivity index (χ1n) is 8.30. The molecule has 1 aromatic carbocycles. The number of nitrogens with one attached hydrogen (secondary N) is 2. The van der Waals surface area contributed by atoms with Crippen LogP contribution in [0, 0.1) is 10.1 Å².